The van der Waals surface area contributed by atoms with E-state index in [9.17, 15) is 4.79 Å². The molecule has 3 unspecified atom stereocenters. The molecule has 1 saturated heterocycles. The summed E-state index contributed by atoms with van der Waals surface area (Å²) in [5.74, 6) is 0.838. The van der Waals surface area contributed by atoms with E-state index in [-0.39, 0.29) is 11.7 Å². The van der Waals surface area contributed by atoms with E-state index in [1.807, 2.05) is 32.0 Å². The van der Waals surface area contributed by atoms with Crippen molar-refractivity contribution in [3.05, 3.63) is 56.9 Å². The van der Waals surface area contributed by atoms with Crippen LogP contribution in [0.2, 0.25) is 0 Å². The Morgan fingerprint density at radius 1 is 1.33 bits per heavy atom. The van der Waals surface area contributed by atoms with Gasteiger partial charge in [0.25, 0.3) is 0 Å². The topological polar surface area (TPSA) is 39.4 Å². The fourth-order valence-corrected chi connectivity index (χ4v) is 3.99. The normalized spacial score (nSPS) is 24.8. The Kier molecular flexibility index (Phi) is 3.58. The number of ether oxygens (including phenoxy) is 1. The molecule has 24 heavy (non-hydrogen) atoms. The first kappa shape index (κ1) is 15.2. The van der Waals surface area contributed by atoms with Crippen molar-refractivity contribution < 1.29 is 9.15 Å². The predicted octanol–water partition coefficient (Wildman–Crippen LogP) is 2.22. The molecule has 2 aromatic rings. The summed E-state index contributed by atoms with van der Waals surface area (Å²) in [6, 6.07) is 11.8. The monoisotopic (exact) mass is 320 g/mol. The average molecular weight is 320 g/mol. The third kappa shape index (κ3) is 2.14. The van der Waals surface area contributed by atoms with E-state index in [0.717, 1.165) is 34.9 Å². The van der Waals surface area contributed by atoms with Gasteiger partial charge in [0.05, 0.1) is 12.7 Å². The first-order valence-electron chi connectivity index (χ1n) is 8.48. The second kappa shape index (κ2) is 5.65. The molecule has 4 rings (SSSR count). The van der Waals surface area contributed by atoms with Crippen molar-refractivity contribution in [3.63, 3.8) is 0 Å². The summed E-state index contributed by atoms with van der Waals surface area (Å²) < 4.78 is 11.7. The van der Waals surface area contributed by atoms with Gasteiger partial charge >= 0.3 is 5.63 Å². The molecule has 2 aliphatic rings. The highest BCUT2D eigenvalue weighted by Crippen LogP contribution is 2.36. The third-order valence-electron chi connectivity index (χ3n) is 5.36. The summed E-state index contributed by atoms with van der Waals surface area (Å²) in [7, 11) is 0. The maximum atomic E-state index is 12.4. The Balaban J connectivity index is 2.09. The van der Waals surface area contributed by atoms with E-state index < -0.39 is 0 Å². The van der Waals surface area contributed by atoms with E-state index in [2.05, 4.69) is 25.1 Å². The number of fused-ring (bicyclic) bond motifs is 2. The van der Waals surface area contributed by atoms with Crippen LogP contribution in [0.5, 0.6) is 0 Å². The lowest BCUT2D eigenvalue weighted by Crippen LogP contribution is -2.42. The minimum absolute atomic E-state index is 0.0208. The second-order valence-electron chi connectivity index (χ2n) is 6.69. The molecule has 1 fully saturated rings. The summed E-state index contributed by atoms with van der Waals surface area (Å²) in [5.41, 5.74) is 3.81. The molecule has 3 nitrogen and oxygen atoms in total. The molecule has 0 amide bonds. The summed E-state index contributed by atoms with van der Waals surface area (Å²) >= 11 is 0. The highest BCUT2D eigenvalue weighted by Gasteiger charge is 2.38. The van der Waals surface area contributed by atoms with Crippen molar-refractivity contribution in [2.75, 3.05) is 6.61 Å². The van der Waals surface area contributed by atoms with Crippen molar-refractivity contribution in [2.24, 2.45) is 11.8 Å². The smallest absolute Gasteiger partial charge is 0.339 e. The molecule has 1 aromatic carbocycles. The molecule has 0 spiro atoms. The first-order chi connectivity index (χ1) is 11.6. The fourth-order valence-electron chi connectivity index (χ4n) is 3.99. The van der Waals surface area contributed by atoms with Gasteiger partial charge in [-0.05, 0) is 37.5 Å². The average Bonchev–Trinajstić information content (AvgIpc) is 3.01. The molecule has 2 heterocycles. The second-order valence-corrected chi connectivity index (χ2v) is 6.69. The Morgan fingerprint density at radius 2 is 2.17 bits per heavy atom. The van der Waals surface area contributed by atoms with E-state index in [1.54, 1.807) is 0 Å². The molecule has 1 aliphatic carbocycles. The summed E-state index contributed by atoms with van der Waals surface area (Å²) in [5, 5.41) is 1.01. The standard InChI is InChI=1S/C21H20O3/c1-4-14-11-23-19-13(3)20-17(10-16(14)19)18(12(2)21(22)24-20)15-8-6-5-7-9-15/h5-6,8,10,14,16,19H,4,11H2,1-3H3. The molecule has 122 valence electrons. The zero-order valence-corrected chi connectivity index (χ0v) is 14.2. The molecule has 0 saturated carbocycles. The molecular formula is C21H20O3. The van der Waals surface area contributed by atoms with E-state index in [4.69, 9.17) is 9.15 Å². The maximum Gasteiger partial charge on any atom is 0.339 e. The lowest BCUT2D eigenvalue weighted by atomic mass is 9.81. The Morgan fingerprint density at radius 3 is 2.88 bits per heavy atom. The van der Waals surface area contributed by atoms with Crippen molar-refractivity contribution in [1.29, 1.82) is 0 Å². The molecule has 3 atom stereocenters. The van der Waals surface area contributed by atoms with Crippen LogP contribution in [0, 0.1) is 30.9 Å². The van der Waals surface area contributed by atoms with Gasteiger partial charge in [0, 0.05) is 27.8 Å². The van der Waals surface area contributed by atoms with Gasteiger partial charge in [-0.3, -0.25) is 0 Å². The minimum Gasteiger partial charge on any atom is -0.422 e. The zero-order chi connectivity index (χ0) is 16.8. The van der Waals surface area contributed by atoms with Crippen LogP contribution in [0.1, 0.15) is 25.8 Å². The van der Waals surface area contributed by atoms with Crippen molar-refractivity contribution in [2.45, 2.75) is 33.3 Å². The molecular weight excluding hydrogens is 300 g/mol. The lowest BCUT2D eigenvalue weighted by Gasteiger charge is -2.23. The number of hydrogen-bond acceptors (Lipinski definition) is 3. The van der Waals surface area contributed by atoms with Gasteiger partial charge in [-0.15, -0.1) is 0 Å². The third-order valence-corrected chi connectivity index (χ3v) is 5.36. The Hall–Kier alpha value is -2.31. The van der Waals surface area contributed by atoms with Gasteiger partial charge in [0.2, 0.25) is 0 Å². The van der Waals surface area contributed by atoms with Gasteiger partial charge in [-0.25, -0.2) is 4.79 Å². The number of rotatable bonds is 2. The summed E-state index contributed by atoms with van der Waals surface area (Å²) in [6.07, 6.45) is 3.35. The van der Waals surface area contributed by atoms with E-state index in [1.165, 1.54) is 0 Å². The van der Waals surface area contributed by atoms with Crippen LogP contribution in [0.4, 0.5) is 0 Å². The van der Waals surface area contributed by atoms with Crippen LogP contribution in [-0.2, 0) is 4.74 Å². The van der Waals surface area contributed by atoms with Gasteiger partial charge in [0.15, 0.2) is 0 Å². The van der Waals surface area contributed by atoms with Crippen molar-refractivity contribution in [3.8, 4) is 11.1 Å². The van der Waals surface area contributed by atoms with Crippen LogP contribution in [0.15, 0.2) is 27.4 Å². The van der Waals surface area contributed by atoms with E-state index >= 15 is 0 Å². The van der Waals surface area contributed by atoms with E-state index in [0.29, 0.717) is 22.8 Å². The van der Waals surface area contributed by atoms with Gasteiger partial charge in [-0.1, -0.05) is 37.6 Å². The van der Waals surface area contributed by atoms with Crippen LogP contribution >= 0.6 is 0 Å². The molecule has 1 aromatic heterocycles. The molecule has 1 aliphatic heterocycles. The number of hydrogen-bond donors (Lipinski definition) is 0. The Labute approximate surface area is 141 Å². The highest BCUT2D eigenvalue weighted by atomic mass is 16.5. The van der Waals surface area contributed by atoms with Crippen LogP contribution in [0.3, 0.4) is 0 Å². The quantitative estimate of drug-likeness (QED) is 0.852. The minimum atomic E-state index is -0.294. The molecule has 0 N–H and O–H groups in total. The summed E-state index contributed by atoms with van der Waals surface area (Å²) in [6.45, 7) is 6.80. The summed E-state index contributed by atoms with van der Waals surface area (Å²) in [4.78, 5) is 12.4. The van der Waals surface area contributed by atoms with Crippen LogP contribution in [0.25, 0.3) is 22.8 Å². The molecule has 0 radical (unpaired) electrons. The van der Waals surface area contributed by atoms with Gasteiger partial charge < -0.3 is 9.15 Å². The van der Waals surface area contributed by atoms with Crippen LogP contribution in [-0.4, -0.2) is 12.7 Å². The lowest BCUT2D eigenvalue weighted by molar-refractivity contribution is 0.136. The first-order valence-corrected chi connectivity index (χ1v) is 8.48. The van der Waals surface area contributed by atoms with Crippen LogP contribution < -0.4 is 16.3 Å². The highest BCUT2D eigenvalue weighted by molar-refractivity contribution is 5.69. The predicted molar refractivity (Wildman–Crippen MR) is 92.6 cm³/mol. The maximum absolute atomic E-state index is 12.4. The molecule has 0 bridgehead atoms. The zero-order valence-electron chi connectivity index (χ0n) is 14.2. The Bertz CT molecular complexity index is 953. The van der Waals surface area contributed by atoms with Gasteiger partial charge in [0.1, 0.15) is 5.42 Å². The van der Waals surface area contributed by atoms with Gasteiger partial charge in [-0.2, -0.15) is 0 Å². The largest absolute Gasteiger partial charge is 0.422 e. The van der Waals surface area contributed by atoms with Crippen molar-refractivity contribution >= 4 is 11.6 Å². The van der Waals surface area contributed by atoms with Crippen molar-refractivity contribution in [1.82, 2.24) is 0 Å². The fraction of sp³-hybridized carbons (Fsp3) is 0.381. The SMILES string of the molecule is CCC1COC2C(C)=c3oc(=O)c(C)c(-c4c#cccc4)c3=CC12. The molecule has 3 heteroatoms.